The molecule has 0 spiro atoms. The molecule has 0 saturated carbocycles. The highest BCUT2D eigenvalue weighted by molar-refractivity contribution is 6.31. The number of anilines is 1. The number of pyridine rings is 1. The van der Waals surface area contributed by atoms with Crippen molar-refractivity contribution in [2.24, 2.45) is 5.92 Å². The molecular weight excluding hydrogens is 364 g/mol. The van der Waals surface area contributed by atoms with Gasteiger partial charge in [-0.05, 0) is 49.1 Å². The van der Waals surface area contributed by atoms with E-state index in [1.54, 1.807) is 24.5 Å². The van der Waals surface area contributed by atoms with Crippen molar-refractivity contribution >= 4 is 34.6 Å². The van der Waals surface area contributed by atoms with Gasteiger partial charge in [-0.1, -0.05) is 11.6 Å². The van der Waals surface area contributed by atoms with Gasteiger partial charge in [0.2, 0.25) is 5.91 Å². The summed E-state index contributed by atoms with van der Waals surface area (Å²) >= 11 is 6.00. The third-order valence-corrected chi connectivity index (χ3v) is 5.17. The first kappa shape index (κ1) is 17.8. The van der Waals surface area contributed by atoms with E-state index in [1.165, 1.54) is 5.56 Å². The summed E-state index contributed by atoms with van der Waals surface area (Å²) < 4.78 is 5.82. The molecule has 1 saturated heterocycles. The second-order valence-corrected chi connectivity index (χ2v) is 7.20. The van der Waals surface area contributed by atoms with Crippen LogP contribution in [0.1, 0.15) is 18.4 Å². The van der Waals surface area contributed by atoms with Crippen LogP contribution in [-0.4, -0.2) is 35.5 Å². The number of carbonyl (C=O) groups excluding carboxylic acids is 1. The molecule has 140 valence electrons. The highest BCUT2D eigenvalue weighted by atomic mass is 35.5. The van der Waals surface area contributed by atoms with Crippen molar-refractivity contribution in [1.29, 1.82) is 0 Å². The largest absolute Gasteiger partial charge is 0.423 e. The number of halogens is 1. The molecule has 1 aliphatic rings. The molecule has 1 aliphatic heterocycles. The molecule has 6 nitrogen and oxygen atoms in total. The monoisotopic (exact) mass is 384 g/mol. The lowest BCUT2D eigenvalue weighted by Crippen LogP contribution is -2.41. The average Bonchev–Trinajstić information content (AvgIpc) is 3.12. The van der Waals surface area contributed by atoms with E-state index in [1.807, 2.05) is 18.2 Å². The van der Waals surface area contributed by atoms with Gasteiger partial charge in [-0.2, -0.15) is 4.98 Å². The Kier molecular flexibility index (Phi) is 5.25. The van der Waals surface area contributed by atoms with Crippen LogP contribution < -0.4 is 10.2 Å². The van der Waals surface area contributed by atoms with Crippen molar-refractivity contribution in [1.82, 2.24) is 15.3 Å². The summed E-state index contributed by atoms with van der Waals surface area (Å²) in [5.41, 5.74) is 2.66. The Morgan fingerprint density at radius 3 is 2.78 bits per heavy atom. The number of piperidine rings is 1. The molecule has 3 aromatic rings. The summed E-state index contributed by atoms with van der Waals surface area (Å²) in [5, 5.41) is 3.68. The van der Waals surface area contributed by atoms with Gasteiger partial charge in [-0.25, -0.2) is 0 Å². The molecule has 1 amide bonds. The minimum atomic E-state index is 0.0394. The Bertz CT molecular complexity index is 920. The lowest BCUT2D eigenvalue weighted by Gasteiger charge is -2.30. The van der Waals surface area contributed by atoms with Crippen molar-refractivity contribution in [3.63, 3.8) is 0 Å². The van der Waals surface area contributed by atoms with Crippen LogP contribution in [0.5, 0.6) is 0 Å². The fourth-order valence-corrected chi connectivity index (χ4v) is 3.54. The van der Waals surface area contributed by atoms with Crippen molar-refractivity contribution in [2.45, 2.75) is 19.3 Å². The molecule has 7 heteroatoms. The number of nitrogens with zero attached hydrogens (tertiary/aromatic N) is 3. The van der Waals surface area contributed by atoms with E-state index in [2.05, 4.69) is 20.2 Å². The fraction of sp³-hybridized carbons (Fsp3) is 0.350. The predicted molar refractivity (Wildman–Crippen MR) is 105 cm³/mol. The summed E-state index contributed by atoms with van der Waals surface area (Å²) in [6.45, 7) is 2.15. The SMILES string of the molecule is O=C(NCCc1ccncc1)C1CCN(c2nc3ccc(Cl)cc3o2)CC1. The minimum Gasteiger partial charge on any atom is -0.423 e. The number of hydrogen-bond donors (Lipinski definition) is 1. The molecule has 2 aromatic heterocycles. The number of hydrogen-bond acceptors (Lipinski definition) is 5. The van der Waals surface area contributed by atoms with Crippen molar-refractivity contribution < 1.29 is 9.21 Å². The number of rotatable bonds is 5. The number of amides is 1. The molecule has 1 N–H and O–H groups in total. The average molecular weight is 385 g/mol. The van der Waals surface area contributed by atoms with E-state index in [0.717, 1.165) is 37.9 Å². The summed E-state index contributed by atoms with van der Waals surface area (Å²) in [5.74, 6) is 0.172. The maximum absolute atomic E-state index is 12.4. The lowest BCUT2D eigenvalue weighted by molar-refractivity contribution is -0.125. The third-order valence-electron chi connectivity index (χ3n) is 4.94. The fourth-order valence-electron chi connectivity index (χ4n) is 3.38. The van der Waals surface area contributed by atoms with Gasteiger partial charge in [0.05, 0.1) is 0 Å². The highest BCUT2D eigenvalue weighted by Gasteiger charge is 2.27. The van der Waals surface area contributed by atoms with E-state index < -0.39 is 0 Å². The normalized spacial score (nSPS) is 15.2. The van der Waals surface area contributed by atoms with Crippen LogP contribution >= 0.6 is 11.6 Å². The van der Waals surface area contributed by atoms with Crippen LogP contribution in [0.3, 0.4) is 0 Å². The van der Waals surface area contributed by atoms with Crippen LogP contribution in [-0.2, 0) is 11.2 Å². The zero-order chi connectivity index (χ0) is 18.6. The number of nitrogens with one attached hydrogen (secondary N) is 1. The number of benzene rings is 1. The zero-order valence-corrected chi connectivity index (χ0v) is 15.7. The van der Waals surface area contributed by atoms with Crippen LogP contribution in [0.2, 0.25) is 5.02 Å². The molecule has 4 rings (SSSR count). The van der Waals surface area contributed by atoms with Gasteiger partial charge in [0.1, 0.15) is 5.52 Å². The Hall–Kier alpha value is -2.60. The molecule has 0 atom stereocenters. The zero-order valence-electron chi connectivity index (χ0n) is 14.9. The van der Waals surface area contributed by atoms with Crippen LogP contribution in [0.4, 0.5) is 6.01 Å². The van der Waals surface area contributed by atoms with E-state index in [9.17, 15) is 4.79 Å². The summed E-state index contributed by atoms with van der Waals surface area (Å²) in [6.07, 6.45) is 5.94. The molecule has 0 unspecified atom stereocenters. The first-order valence-electron chi connectivity index (χ1n) is 9.17. The molecule has 27 heavy (non-hydrogen) atoms. The Morgan fingerprint density at radius 1 is 1.22 bits per heavy atom. The second kappa shape index (κ2) is 7.96. The van der Waals surface area contributed by atoms with Crippen LogP contribution in [0.15, 0.2) is 47.1 Å². The van der Waals surface area contributed by atoms with Crippen molar-refractivity contribution in [3.05, 3.63) is 53.3 Å². The van der Waals surface area contributed by atoms with E-state index in [-0.39, 0.29) is 11.8 Å². The molecule has 0 aliphatic carbocycles. The first-order valence-corrected chi connectivity index (χ1v) is 9.54. The Morgan fingerprint density at radius 2 is 2.00 bits per heavy atom. The number of carbonyl (C=O) groups is 1. The maximum atomic E-state index is 12.4. The van der Waals surface area contributed by atoms with Gasteiger partial charge in [-0.3, -0.25) is 9.78 Å². The molecule has 3 heterocycles. The molecule has 0 bridgehead atoms. The number of aromatic nitrogens is 2. The van der Waals surface area contributed by atoms with Crippen molar-refractivity contribution in [2.75, 3.05) is 24.5 Å². The lowest BCUT2D eigenvalue weighted by atomic mass is 9.96. The second-order valence-electron chi connectivity index (χ2n) is 6.77. The van der Waals surface area contributed by atoms with E-state index in [0.29, 0.717) is 23.2 Å². The quantitative estimate of drug-likeness (QED) is 0.729. The van der Waals surface area contributed by atoms with Gasteiger partial charge in [0, 0.05) is 49.0 Å². The highest BCUT2D eigenvalue weighted by Crippen LogP contribution is 2.28. The van der Waals surface area contributed by atoms with Crippen LogP contribution in [0.25, 0.3) is 11.1 Å². The molecular formula is C20H21ClN4O2. The van der Waals surface area contributed by atoms with Gasteiger partial charge in [0.15, 0.2) is 5.58 Å². The topological polar surface area (TPSA) is 71.3 Å². The van der Waals surface area contributed by atoms with Gasteiger partial charge < -0.3 is 14.6 Å². The summed E-state index contributed by atoms with van der Waals surface area (Å²) in [6, 6.07) is 9.97. The van der Waals surface area contributed by atoms with Crippen molar-refractivity contribution in [3.8, 4) is 0 Å². The molecule has 0 radical (unpaired) electrons. The Balaban J connectivity index is 1.28. The number of oxazole rings is 1. The molecule has 1 aromatic carbocycles. The first-order chi connectivity index (χ1) is 13.2. The predicted octanol–water partition coefficient (Wildman–Crippen LogP) is 3.45. The third kappa shape index (κ3) is 4.22. The van der Waals surface area contributed by atoms with Gasteiger partial charge >= 0.3 is 0 Å². The van der Waals surface area contributed by atoms with Crippen LogP contribution in [0, 0.1) is 5.92 Å². The Labute approximate surface area is 162 Å². The van der Waals surface area contributed by atoms with E-state index >= 15 is 0 Å². The van der Waals surface area contributed by atoms with E-state index in [4.69, 9.17) is 16.0 Å². The number of fused-ring (bicyclic) bond motifs is 1. The van der Waals surface area contributed by atoms with Gasteiger partial charge in [-0.15, -0.1) is 0 Å². The molecule has 1 fully saturated rings. The summed E-state index contributed by atoms with van der Waals surface area (Å²) in [7, 11) is 0. The van der Waals surface area contributed by atoms with Gasteiger partial charge in [0.25, 0.3) is 6.01 Å². The summed E-state index contributed by atoms with van der Waals surface area (Å²) in [4.78, 5) is 23.0. The smallest absolute Gasteiger partial charge is 0.298 e. The maximum Gasteiger partial charge on any atom is 0.298 e. The minimum absolute atomic E-state index is 0.0394. The standard InChI is InChI=1S/C20H21ClN4O2/c21-16-1-2-17-18(13-16)27-20(24-17)25-11-6-15(7-12-25)19(26)23-10-5-14-3-8-22-9-4-14/h1-4,8-9,13,15H,5-7,10-12H2,(H,23,26).